The van der Waals surface area contributed by atoms with E-state index in [9.17, 15) is 9.90 Å². The van der Waals surface area contributed by atoms with E-state index in [1.54, 1.807) is 24.1 Å². The third kappa shape index (κ3) is 2.60. The maximum atomic E-state index is 12.0. The van der Waals surface area contributed by atoms with Gasteiger partial charge in [-0.15, -0.1) is 0 Å². The van der Waals surface area contributed by atoms with Crippen molar-refractivity contribution in [2.24, 2.45) is 0 Å². The van der Waals surface area contributed by atoms with Gasteiger partial charge >= 0.3 is 6.09 Å². The predicted octanol–water partition coefficient (Wildman–Crippen LogP) is 2.71. The number of piperidine rings is 1. The molecule has 0 unspecified atom stereocenters. The Bertz CT molecular complexity index is 520. The molecule has 3 rings (SSSR count). The number of aromatic nitrogens is 1. The lowest BCUT2D eigenvalue weighted by atomic mass is 9.81. The Hall–Kier alpha value is -1.33. The van der Waals surface area contributed by atoms with Gasteiger partial charge in [0, 0.05) is 36.7 Å². The molecule has 2 fully saturated rings. The fourth-order valence-electron chi connectivity index (χ4n) is 3.61. The minimum absolute atomic E-state index is 0.0310. The lowest BCUT2D eigenvalue weighted by Gasteiger charge is -2.43. The largest absolute Gasteiger partial charge is 0.450 e. The van der Waals surface area contributed by atoms with Crippen LogP contribution in [0.5, 0.6) is 0 Å². The first-order valence-electron chi connectivity index (χ1n) is 7.33. The minimum atomic E-state index is -0.938. The van der Waals surface area contributed by atoms with Crippen molar-refractivity contribution in [3.05, 3.63) is 29.0 Å². The zero-order valence-corrected chi connectivity index (χ0v) is 12.7. The quantitative estimate of drug-likeness (QED) is 0.853. The van der Waals surface area contributed by atoms with Gasteiger partial charge < -0.3 is 14.7 Å². The summed E-state index contributed by atoms with van der Waals surface area (Å²) in [5, 5.41) is 11.4. The summed E-state index contributed by atoms with van der Waals surface area (Å²) in [6.07, 6.45) is 4.22. The molecule has 2 saturated heterocycles. The van der Waals surface area contributed by atoms with Gasteiger partial charge in [-0.1, -0.05) is 17.7 Å². The van der Waals surface area contributed by atoms with Gasteiger partial charge in [0.2, 0.25) is 0 Å². The second-order valence-electron chi connectivity index (χ2n) is 5.80. The van der Waals surface area contributed by atoms with E-state index in [0.717, 1.165) is 18.4 Å². The molecule has 1 amide bonds. The molecule has 2 bridgehead atoms. The number of rotatable bonds is 2. The molecule has 3 heterocycles. The first-order chi connectivity index (χ1) is 10.0. The van der Waals surface area contributed by atoms with Crippen molar-refractivity contribution in [3.63, 3.8) is 0 Å². The molecule has 0 spiro atoms. The zero-order valence-electron chi connectivity index (χ0n) is 12.0. The predicted molar refractivity (Wildman–Crippen MR) is 78.0 cm³/mol. The van der Waals surface area contributed by atoms with Crippen LogP contribution in [0.15, 0.2) is 18.3 Å². The van der Waals surface area contributed by atoms with E-state index in [4.69, 9.17) is 16.3 Å². The maximum Gasteiger partial charge on any atom is 0.410 e. The maximum absolute atomic E-state index is 12.0. The van der Waals surface area contributed by atoms with E-state index in [-0.39, 0.29) is 18.2 Å². The highest BCUT2D eigenvalue weighted by molar-refractivity contribution is 6.29. The number of fused-ring (bicyclic) bond motifs is 2. The Balaban J connectivity index is 1.81. The number of amides is 1. The van der Waals surface area contributed by atoms with Crippen molar-refractivity contribution in [1.29, 1.82) is 0 Å². The number of aliphatic hydroxyl groups is 1. The Kier molecular flexibility index (Phi) is 3.80. The molecule has 2 atom stereocenters. The fourth-order valence-corrected chi connectivity index (χ4v) is 3.72. The van der Waals surface area contributed by atoms with E-state index in [1.807, 2.05) is 6.07 Å². The van der Waals surface area contributed by atoms with Crippen LogP contribution in [0.25, 0.3) is 0 Å². The topological polar surface area (TPSA) is 62.7 Å². The van der Waals surface area contributed by atoms with Crippen molar-refractivity contribution >= 4 is 17.7 Å². The summed E-state index contributed by atoms with van der Waals surface area (Å²) in [6.45, 7) is 2.18. The van der Waals surface area contributed by atoms with E-state index in [0.29, 0.717) is 24.6 Å². The number of nitrogens with zero attached hydrogens (tertiary/aromatic N) is 2. The molecule has 5 nitrogen and oxygen atoms in total. The van der Waals surface area contributed by atoms with Gasteiger partial charge in [-0.2, -0.15) is 0 Å². The third-order valence-corrected chi connectivity index (χ3v) is 4.73. The zero-order chi connectivity index (χ0) is 15.0. The number of carbonyl (C=O) groups is 1. The van der Waals surface area contributed by atoms with Crippen LogP contribution in [0.3, 0.4) is 0 Å². The van der Waals surface area contributed by atoms with Crippen LogP contribution in [0.4, 0.5) is 4.79 Å². The molecular formula is C15H19ClN2O3. The molecule has 2 aliphatic heterocycles. The molecule has 2 aliphatic rings. The van der Waals surface area contributed by atoms with Crippen LogP contribution in [0, 0.1) is 0 Å². The number of hydrogen-bond acceptors (Lipinski definition) is 4. The molecule has 21 heavy (non-hydrogen) atoms. The van der Waals surface area contributed by atoms with Gasteiger partial charge in [0.05, 0.1) is 12.2 Å². The Labute approximate surface area is 128 Å². The molecule has 6 heteroatoms. The number of ether oxygens (including phenoxy) is 1. The van der Waals surface area contributed by atoms with Gasteiger partial charge in [0.15, 0.2) is 0 Å². The summed E-state index contributed by atoms with van der Waals surface area (Å²) in [4.78, 5) is 17.9. The standard InChI is InChI=1S/C15H19ClN2O3/c1-2-21-14(19)18-11-4-5-12(18)8-15(20,7-11)10-3-6-13(16)17-9-10/h3,6,9,11-12,20H,2,4-5,7-8H2,1H3/t11-,12-/m1/s1. The molecule has 0 radical (unpaired) electrons. The highest BCUT2D eigenvalue weighted by Crippen LogP contribution is 2.45. The lowest BCUT2D eigenvalue weighted by molar-refractivity contribution is -0.0527. The van der Waals surface area contributed by atoms with E-state index < -0.39 is 5.60 Å². The summed E-state index contributed by atoms with van der Waals surface area (Å²) in [5.74, 6) is 0. The molecule has 0 aliphatic carbocycles. The van der Waals surface area contributed by atoms with Gasteiger partial charge in [0.1, 0.15) is 5.15 Å². The van der Waals surface area contributed by atoms with Crippen molar-refractivity contribution < 1.29 is 14.6 Å². The lowest BCUT2D eigenvalue weighted by Crippen LogP contribution is -2.52. The van der Waals surface area contributed by atoms with Crippen LogP contribution in [-0.2, 0) is 10.3 Å². The second kappa shape index (κ2) is 5.46. The molecule has 1 aromatic rings. The summed E-state index contributed by atoms with van der Waals surface area (Å²) in [6, 6.07) is 3.57. The first kappa shape index (κ1) is 14.6. The number of carbonyl (C=O) groups excluding carboxylic acids is 1. The molecule has 114 valence electrons. The first-order valence-corrected chi connectivity index (χ1v) is 7.71. The number of pyridine rings is 1. The van der Waals surface area contributed by atoms with Crippen molar-refractivity contribution in [2.45, 2.75) is 50.3 Å². The summed E-state index contributed by atoms with van der Waals surface area (Å²) >= 11 is 5.80. The summed E-state index contributed by atoms with van der Waals surface area (Å²) in [7, 11) is 0. The fraction of sp³-hybridized carbons (Fsp3) is 0.600. The Morgan fingerprint density at radius 2 is 2.14 bits per heavy atom. The molecular weight excluding hydrogens is 292 g/mol. The molecule has 1 aromatic heterocycles. The van der Waals surface area contributed by atoms with Gasteiger partial charge in [-0.3, -0.25) is 0 Å². The van der Waals surface area contributed by atoms with Crippen LogP contribution >= 0.6 is 11.6 Å². The van der Waals surface area contributed by atoms with Crippen molar-refractivity contribution in [1.82, 2.24) is 9.88 Å². The van der Waals surface area contributed by atoms with Crippen LogP contribution in [0.2, 0.25) is 5.15 Å². The SMILES string of the molecule is CCOC(=O)N1[C@@H]2CC[C@@H]1CC(O)(c1ccc(Cl)nc1)C2. The Morgan fingerprint density at radius 3 is 2.67 bits per heavy atom. The number of hydrogen-bond donors (Lipinski definition) is 1. The van der Waals surface area contributed by atoms with E-state index in [2.05, 4.69) is 4.98 Å². The summed E-state index contributed by atoms with van der Waals surface area (Å²) in [5.41, 5.74) is -0.167. The monoisotopic (exact) mass is 310 g/mol. The van der Waals surface area contributed by atoms with Crippen LogP contribution < -0.4 is 0 Å². The molecule has 0 saturated carbocycles. The average Bonchev–Trinajstić information content (AvgIpc) is 2.73. The number of halogens is 1. The van der Waals surface area contributed by atoms with Gasteiger partial charge in [0.25, 0.3) is 0 Å². The van der Waals surface area contributed by atoms with Crippen molar-refractivity contribution in [3.8, 4) is 0 Å². The van der Waals surface area contributed by atoms with Gasteiger partial charge in [-0.25, -0.2) is 9.78 Å². The Morgan fingerprint density at radius 1 is 1.48 bits per heavy atom. The highest BCUT2D eigenvalue weighted by atomic mass is 35.5. The molecule has 1 N–H and O–H groups in total. The minimum Gasteiger partial charge on any atom is -0.450 e. The second-order valence-corrected chi connectivity index (χ2v) is 6.19. The van der Waals surface area contributed by atoms with Crippen molar-refractivity contribution in [2.75, 3.05) is 6.61 Å². The average molecular weight is 311 g/mol. The van der Waals surface area contributed by atoms with E-state index >= 15 is 0 Å². The van der Waals surface area contributed by atoms with Crippen LogP contribution in [0.1, 0.15) is 38.2 Å². The molecule has 0 aromatic carbocycles. The third-order valence-electron chi connectivity index (χ3n) is 4.51. The highest BCUT2D eigenvalue weighted by Gasteiger charge is 2.50. The van der Waals surface area contributed by atoms with E-state index in [1.165, 1.54) is 0 Å². The van der Waals surface area contributed by atoms with Crippen LogP contribution in [-0.4, -0.2) is 39.8 Å². The smallest absolute Gasteiger partial charge is 0.410 e. The van der Waals surface area contributed by atoms with Gasteiger partial charge in [-0.05, 0) is 25.8 Å². The normalized spacial score (nSPS) is 31.3. The summed E-state index contributed by atoms with van der Waals surface area (Å²) < 4.78 is 5.13.